The maximum atomic E-state index is 11.1. The van der Waals surface area contributed by atoms with Gasteiger partial charge in [-0.2, -0.15) is 0 Å². The smallest absolute Gasteiger partial charge is 0.119 e. The van der Waals surface area contributed by atoms with Gasteiger partial charge in [-0.3, -0.25) is 9.11 Å². The predicted molar refractivity (Wildman–Crippen MR) is 106 cm³/mol. The van der Waals surface area contributed by atoms with Crippen LogP contribution in [0.4, 0.5) is 11.4 Å². The highest BCUT2D eigenvalue weighted by Gasteiger charge is 2.39. The van der Waals surface area contributed by atoms with Gasteiger partial charge in [-0.1, -0.05) is 41.6 Å². The lowest BCUT2D eigenvalue weighted by molar-refractivity contribution is 0.477. The molecule has 1 atom stereocenters. The Labute approximate surface area is 153 Å². The Morgan fingerprint density at radius 1 is 1.21 bits per heavy atom. The molecular weight excluding hydrogens is 364 g/mol. The van der Waals surface area contributed by atoms with Crippen LogP contribution in [-0.2, 0) is 0 Å². The molecule has 0 fully saturated rings. The monoisotopic (exact) mass is 384 g/mol. The zero-order chi connectivity index (χ0) is 17.2. The summed E-state index contributed by atoms with van der Waals surface area (Å²) in [5.74, 6) is 0. The predicted octanol–water partition coefficient (Wildman–Crippen LogP) is 5.58. The fraction of sp³-hybridized carbons (Fsp3) is 0.294. The summed E-state index contributed by atoms with van der Waals surface area (Å²) in [4.78, 5) is 1.05. The van der Waals surface area contributed by atoms with Gasteiger partial charge in [-0.05, 0) is 56.8 Å². The molecule has 1 aliphatic rings. The number of nitrogens with one attached hydrogen (secondary N) is 1. The van der Waals surface area contributed by atoms with Crippen LogP contribution >= 0.6 is 34.1 Å². The normalized spacial score (nSPS) is 20.5. The third-order valence-corrected chi connectivity index (χ3v) is 8.16. The molecule has 1 unspecified atom stereocenters. The van der Waals surface area contributed by atoms with Crippen LogP contribution in [0.2, 0.25) is 5.02 Å². The van der Waals surface area contributed by atoms with E-state index in [0.29, 0.717) is 10.7 Å². The van der Waals surface area contributed by atoms with Gasteiger partial charge in [-0.15, -0.1) is 10.8 Å². The standard InChI is InChI=1S/C17H21ClN2O2S2/c1-19-11-5-10-17-23-16-9-3-2-8-15(16)20(24(17,21)22)14-7-4-6-13(18)12-14/h2-4,6-9,12,17,19,21-22H,5,10-11H2,1H3. The van der Waals surface area contributed by atoms with Gasteiger partial charge in [0.05, 0.1) is 11.4 Å². The average Bonchev–Trinajstić information content (AvgIpc) is 2.55. The van der Waals surface area contributed by atoms with Crippen LogP contribution in [0.25, 0.3) is 0 Å². The van der Waals surface area contributed by atoms with Crippen molar-refractivity contribution in [1.82, 2.24) is 5.32 Å². The molecule has 130 valence electrons. The number of fused-ring (bicyclic) bond motifs is 1. The van der Waals surface area contributed by atoms with Gasteiger partial charge in [0, 0.05) is 9.92 Å². The van der Waals surface area contributed by atoms with Crippen LogP contribution in [-0.4, -0.2) is 27.3 Å². The van der Waals surface area contributed by atoms with Crippen molar-refractivity contribution < 1.29 is 9.11 Å². The molecule has 2 aromatic rings. The van der Waals surface area contributed by atoms with E-state index in [4.69, 9.17) is 11.6 Å². The number of benzene rings is 2. The maximum absolute atomic E-state index is 11.1. The molecule has 0 saturated carbocycles. The number of para-hydroxylation sites is 1. The minimum absolute atomic E-state index is 0.278. The van der Waals surface area contributed by atoms with Gasteiger partial charge in [0.2, 0.25) is 0 Å². The Morgan fingerprint density at radius 3 is 2.75 bits per heavy atom. The number of hydrogen-bond acceptors (Lipinski definition) is 5. The summed E-state index contributed by atoms with van der Waals surface area (Å²) >= 11 is 7.68. The van der Waals surface area contributed by atoms with Crippen LogP contribution in [0.15, 0.2) is 53.4 Å². The highest BCUT2D eigenvalue weighted by atomic mass is 35.5. The van der Waals surface area contributed by atoms with E-state index in [9.17, 15) is 9.11 Å². The minimum Gasteiger partial charge on any atom is -0.320 e. The van der Waals surface area contributed by atoms with Crippen LogP contribution in [0, 0.1) is 0 Å². The molecule has 4 nitrogen and oxygen atoms in total. The molecule has 0 saturated heterocycles. The van der Waals surface area contributed by atoms with Crippen LogP contribution < -0.4 is 9.62 Å². The molecule has 0 aliphatic carbocycles. The summed E-state index contributed by atoms with van der Waals surface area (Å²) in [5, 5.41) is 3.68. The zero-order valence-electron chi connectivity index (χ0n) is 13.4. The highest BCUT2D eigenvalue weighted by Crippen LogP contribution is 2.65. The third kappa shape index (κ3) is 3.54. The Morgan fingerprint density at radius 2 is 2.00 bits per heavy atom. The number of anilines is 2. The topological polar surface area (TPSA) is 55.7 Å². The quantitative estimate of drug-likeness (QED) is 0.588. The second-order valence-electron chi connectivity index (χ2n) is 5.60. The molecule has 24 heavy (non-hydrogen) atoms. The lowest BCUT2D eigenvalue weighted by atomic mass is 10.2. The van der Waals surface area contributed by atoms with Gasteiger partial charge in [0.1, 0.15) is 4.58 Å². The Hall–Kier alpha value is -0.890. The van der Waals surface area contributed by atoms with E-state index in [2.05, 4.69) is 5.32 Å². The SMILES string of the molecule is CNCCCC1Sc2ccccc2N(c2cccc(Cl)c2)S1(O)O. The summed E-state index contributed by atoms with van der Waals surface area (Å²) in [7, 11) is -1.12. The molecule has 1 aliphatic heterocycles. The first-order valence-electron chi connectivity index (χ1n) is 7.77. The second kappa shape index (κ2) is 7.56. The van der Waals surface area contributed by atoms with E-state index in [1.165, 1.54) is 0 Å². The molecule has 7 heteroatoms. The molecular formula is C17H21ClN2O2S2. The number of thioether (sulfide) groups is 1. The van der Waals surface area contributed by atoms with E-state index in [1.807, 2.05) is 43.4 Å². The fourth-order valence-electron chi connectivity index (χ4n) is 2.75. The molecule has 2 aromatic carbocycles. The van der Waals surface area contributed by atoms with Crippen molar-refractivity contribution in [3.63, 3.8) is 0 Å². The van der Waals surface area contributed by atoms with Crippen molar-refractivity contribution in [2.45, 2.75) is 22.3 Å². The van der Waals surface area contributed by atoms with Crippen molar-refractivity contribution in [3.8, 4) is 0 Å². The minimum atomic E-state index is -3.02. The van der Waals surface area contributed by atoms with Crippen molar-refractivity contribution in [1.29, 1.82) is 0 Å². The molecule has 0 spiro atoms. The van der Waals surface area contributed by atoms with Crippen LogP contribution in [0.3, 0.4) is 0 Å². The van der Waals surface area contributed by atoms with E-state index in [1.54, 1.807) is 28.2 Å². The first-order valence-corrected chi connectivity index (χ1v) is 10.6. The fourth-order valence-corrected chi connectivity index (χ4v) is 6.68. The molecule has 0 amide bonds. The molecule has 1 heterocycles. The average molecular weight is 385 g/mol. The molecule has 3 rings (SSSR count). The first kappa shape index (κ1) is 17.9. The van der Waals surface area contributed by atoms with E-state index < -0.39 is 10.8 Å². The summed E-state index contributed by atoms with van der Waals surface area (Å²) in [5.41, 5.74) is 1.52. The Balaban J connectivity index is 2.03. The summed E-state index contributed by atoms with van der Waals surface area (Å²) < 4.78 is 23.5. The molecule has 3 N–H and O–H groups in total. The maximum Gasteiger partial charge on any atom is 0.119 e. The van der Waals surface area contributed by atoms with E-state index in [-0.39, 0.29) is 4.58 Å². The first-order chi connectivity index (χ1) is 11.5. The van der Waals surface area contributed by atoms with Crippen molar-refractivity contribution >= 4 is 45.5 Å². The molecule has 0 radical (unpaired) electrons. The van der Waals surface area contributed by atoms with E-state index in [0.717, 1.165) is 30.0 Å². The summed E-state index contributed by atoms with van der Waals surface area (Å²) in [6, 6.07) is 15.1. The Bertz CT molecular complexity index is 714. The lowest BCUT2D eigenvalue weighted by Gasteiger charge is -2.52. The van der Waals surface area contributed by atoms with Crippen molar-refractivity contribution in [2.24, 2.45) is 0 Å². The summed E-state index contributed by atoms with van der Waals surface area (Å²) in [6.45, 7) is 0.853. The highest BCUT2D eigenvalue weighted by molar-refractivity contribution is 8.34. The van der Waals surface area contributed by atoms with Crippen LogP contribution in [0.1, 0.15) is 12.8 Å². The van der Waals surface area contributed by atoms with Crippen LogP contribution in [0.5, 0.6) is 0 Å². The van der Waals surface area contributed by atoms with Gasteiger partial charge in [0.15, 0.2) is 0 Å². The third-order valence-electron chi connectivity index (χ3n) is 3.87. The zero-order valence-corrected chi connectivity index (χ0v) is 15.7. The largest absolute Gasteiger partial charge is 0.320 e. The Kier molecular flexibility index (Phi) is 5.64. The van der Waals surface area contributed by atoms with Gasteiger partial charge >= 0.3 is 0 Å². The van der Waals surface area contributed by atoms with Gasteiger partial charge in [-0.25, -0.2) is 4.31 Å². The van der Waals surface area contributed by atoms with Crippen molar-refractivity contribution in [2.75, 3.05) is 17.9 Å². The van der Waals surface area contributed by atoms with Gasteiger partial charge in [0.25, 0.3) is 0 Å². The van der Waals surface area contributed by atoms with E-state index >= 15 is 0 Å². The number of rotatable bonds is 5. The van der Waals surface area contributed by atoms with Crippen molar-refractivity contribution in [3.05, 3.63) is 53.6 Å². The molecule has 0 bridgehead atoms. The van der Waals surface area contributed by atoms with Gasteiger partial charge < -0.3 is 5.32 Å². The summed E-state index contributed by atoms with van der Waals surface area (Å²) in [6.07, 6.45) is 1.61. The number of halogens is 1. The lowest BCUT2D eigenvalue weighted by Crippen LogP contribution is -2.33. The second-order valence-corrected chi connectivity index (χ2v) is 9.63. The number of nitrogens with zero attached hydrogens (tertiary/aromatic N) is 1. The number of hydrogen-bond donors (Lipinski definition) is 3. The molecule has 0 aromatic heterocycles.